The minimum atomic E-state index is 0.784. The number of aromatic nitrogens is 4. The highest BCUT2D eigenvalue weighted by molar-refractivity contribution is 5.95. The number of imidazole rings is 1. The summed E-state index contributed by atoms with van der Waals surface area (Å²) in [6.45, 7) is 0.784. The van der Waals surface area contributed by atoms with Crippen LogP contribution in [0, 0.1) is 0 Å². The largest absolute Gasteiger partial charge is 0.333 e. The monoisotopic (exact) mass is 286 g/mol. The second kappa shape index (κ2) is 5.41. The summed E-state index contributed by atoms with van der Waals surface area (Å²) in [6.07, 6.45) is 11.2. The van der Waals surface area contributed by atoms with E-state index in [1.807, 2.05) is 47.8 Å². The quantitative estimate of drug-likeness (QED) is 0.578. The van der Waals surface area contributed by atoms with E-state index in [2.05, 4.69) is 39.2 Å². The van der Waals surface area contributed by atoms with Crippen molar-refractivity contribution in [2.45, 2.75) is 6.54 Å². The van der Waals surface area contributed by atoms with Crippen molar-refractivity contribution in [3.05, 3.63) is 79.3 Å². The van der Waals surface area contributed by atoms with Gasteiger partial charge in [-0.3, -0.25) is 9.97 Å². The fraction of sp³-hybridized carbons (Fsp3) is 0.0556. The van der Waals surface area contributed by atoms with Gasteiger partial charge in [-0.25, -0.2) is 4.98 Å². The third-order valence-electron chi connectivity index (χ3n) is 3.71. The summed E-state index contributed by atoms with van der Waals surface area (Å²) in [5.74, 6) is 0. The van der Waals surface area contributed by atoms with Crippen LogP contribution in [0.4, 0.5) is 0 Å². The smallest absolute Gasteiger partial charge is 0.0949 e. The van der Waals surface area contributed by atoms with Crippen molar-refractivity contribution >= 4 is 10.8 Å². The molecule has 22 heavy (non-hydrogen) atoms. The van der Waals surface area contributed by atoms with Gasteiger partial charge < -0.3 is 4.57 Å². The number of hydrogen-bond acceptors (Lipinski definition) is 3. The lowest BCUT2D eigenvalue weighted by Crippen LogP contribution is -1.97. The first-order valence-electron chi connectivity index (χ1n) is 7.14. The molecule has 0 saturated carbocycles. The lowest BCUT2D eigenvalue weighted by molar-refractivity contribution is 0.793. The van der Waals surface area contributed by atoms with Gasteiger partial charge in [0.25, 0.3) is 0 Å². The topological polar surface area (TPSA) is 43.6 Å². The minimum Gasteiger partial charge on any atom is -0.333 e. The van der Waals surface area contributed by atoms with Crippen molar-refractivity contribution in [2.75, 3.05) is 0 Å². The molecule has 106 valence electrons. The van der Waals surface area contributed by atoms with Gasteiger partial charge in [-0.1, -0.05) is 24.3 Å². The Morgan fingerprint density at radius 3 is 2.73 bits per heavy atom. The SMILES string of the molecule is c1cc(-c2ccc(Cn3ccnc3)cn2)c2ccncc2c1. The van der Waals surface area contributed by atoms with Crippen LogP contribution in [0.1, 0.15) is 5.56 Å². The van der Waals surface area contributed by atoms with E-state index in [4.69, 9.17) is 0 Å². The normalized spacial score (nSPS) is 10.9. The van der Waals surface area contributed by atoms with E-state index in [-0.39, 0.29) is 0 Å². The van der Waals surface area contributed by atoms with E-state index in [1.54, 1.807) is 6.20 Å². The molecule has 4 nitrogen and oxygen atoms in total. The number of rotatable bonds is 3. The number of fused-ring (bicyclic) bond motifs is 1. The second-order valence-corrected chi connectivity index (χ2v) is 5.19. The standard InChI is InChI=1S/C18H14N4/c1-2-15-11-19-7-6-16(15)17(3-1)18-5-4-14(10-21-18)12-22-9-8-20-13-22/h1-11,13H,12H2. The van der Waals surface area contributed by atoms with Crippen LogP contribution in [-0.2, 0) is 6.54 Å². The van der Waals surface area contributed by atoms with E-state index in [1.165, 1.54) is 5.39 Å². The average Bonchev–Trinajstić information content (AvgIpc) is 3.08. The highest BCUT2D eigenvalue weighted by Crippen LogP contribution is 2.26. The molecule has 1 aromatic carbocycles. The van der Waals surface area contributed by atoms with Gasteiger partial charge in [-0.2, -0.15) is 0 Å². The van der Waals surface area contributed by atoms with Crippen molar-refractivity contribution in [1.82, 2.24) is 19.5 Å². The molecular weight excluding hydrogens is 272 g/mol. The molecule has 0 bridgehead atoms. The van der Waals surface area contributed by atoms with E-state index < -0.39 is 0 Å². The van der Waals surface area contributed by atoms with E-state index in [0.717, 1.165) is 28.8 Å². The van der Waals surface area contributed by atoms with Crippen LogP contribution in [0.2, 0.25) is 0 Å². The van der Waals surface area contributed by atoms with Gasteiger partial charge in [0.1, 0.15) is 0 Å². The lowest BCUT2D eigenvalue weighted by Gasteiger charge is -2.07. The highest BCUT2D eigenvalue weighted by Gasteiger charge is 2.05. The summed E-state index contributed by atoms with van der Waals surface area (Å²) >= 11 is 0. The van der Waals surface area contributed by atoms with Crippen molar-refractivity contribution in [1.29, 1.82) is 0 Å². The molecular formula is C18H14N4. The van der Waals surface area contributed by atoms with Gasteiger partial charge in [0.05, 0.1) is 12.0 Å². The molecule has 3 heterocycles. The molecule has 0 unspecified atom stereocenters. The third kappa shape index (κ3) is 2.35. The Balaban J connectivity index is 1.70. The predicted molar refractivity (Wildman–Crippen MR) is 86.3 cm³/mol. The van der Waals surface area contributed by atoms with Gasteiger partial charge in [0.15, 0.2) is 0 Å². The zero-order valence-corrected chi connectivity index (χ0v) is 11.9. The number of nitrogens with zero attached hydrogens (tertiary/aromatic N) is 4. The summed E-state index contributed by atoms with van der Waals surface area (Å²) in [5, 5.41) is 2.30. The van der Waals surface area contributed by atoms with Crippen LogP contribution in [-0.4, -0.2) is 19.5 Å². The Morgan fingerprint density at radius 1 is 0.909 bits per heavy atom. The maximum atomic E-state index is 4.63. The molecule has 0 atom stereocenters. The summed E-state index contributed by atoms with van der Waals surface area (Å²) in [7, 11) is 0. The molecule has 4 rings (SSSR count). The van der Waals surface area contributed by atoms with Crippen LogP contribution in [0.3, 0.4) is 0 Å². The second-order valence-electron chi connectivity index (χ2n) is 5.19. The Labute approximate surface area is 128 Å². The van der Waals surface area contributed by atoms with Crippen molar-refractivity contribution in [3.8, 4) is 11.3 Å². The van der Waals surface area contributed by atoms with Crippen LogP contribution in [0.25, 0.3) is 22.0 Å². The molecule has 0 saturated heterocycles. The van der Waals surface area contributed by atoms with Gasteiger partial charge in [0, 0.05) is 48.5 Å². The first-order valence-corrected chi connectivity index (χ1v) is 7.14. The fourth-order valence-corrected chi connectivity index (χ4v) is 2.61. The molecule has 4 aromatic rings. The number of hydrogen-bond donors (Lipinski definition) is 0. The van der Waals surface area contributed by atoms with Crippen molar-refractivity contribution in [3.63, 3.8) is 0 Å². The van der Waals surface area contributed by atoms with Crippen LogP contribution in [0.5, 0.6) is 0 Å². The summed E-state index contributed by atoms with van der Waals surface area (Å²) < 4.78 is 2.03. The lowest BCUT2D eigenvalue weighted by atomic mass is 10.0. The first-order chi connectivity index (χ1) is 10.9. The van der Waals surface area contributed by atoms with Gasteiger partial charge in [-0.05, 0) is 23.1 Å². The highest BCUT2D eigenvalue weighted by atomic mass is 15.0. The zero-order chi connectivity index (χ0) is 14.8. The molecule has 0 N–H and O–H groups in total. The van der Waals surface area contributed by atoms with E-state index in [9.17, 15) is 0 Å². The molecule has 0 amide bonds. The Morgan fingerprint density at radius 2 is 1.91 bits per heavy atom. The van der Waals surface area contributed by atoms with Crippen LogP contribution >= 0.6 is 0 Å². The molecule has 0 spiro atoms. The fourth-order valence-electron chi connectivity index (χ4n) is 2.61. The molecule has 0 aliphatic heterocycles. The summed E-state index contributed by atoms with van der Waals surface area (Å²) in [4.78, 5) is 12.9. The van der Waals surface area contributed by atoms with E-state index in [0.29, 0.717) is 0 Å². The molecule has 0 aliphatic rings. The van der Waals surface area contributed by atoms with Crippen LogP contribution < -0.4 is 0 Å². The van der Waals surface area contributed by atoms with E-state index >= 15 is 0 Å². The Hall–Kier alpha value is -3.01. The van der Waals surface area contributed by atoms with Gasteiger partial charge in [0.2, 0.25) is 0 Å². The number of pyridine rings is 2. The van der Waals surface area contributed by atoms with Gasteiger partial charge in [-0.15, -0.1) is 0 Å². The Bertz CT molecular complexity index is 891. The zero-order valence-electron chi connectivity index (χ0n) is 11.9. The summed E-state index contributed by atoms with van der Waals surface area (Å²) in [5.41, 5.74) is 3.27. The minimum absolute atomic E-state index is 0.784. The third-order valence-corrected chi connectivity index (χ3v) is 3.71. The van der Waals surface area contributed by atoms with Crippen LogP contribution in [0.15, 0.2) is 73.7 Å². The summed E-state index contributed by atoms with van der Waals surface area (Å²) in [6, 6.07) is 12.4. The maximum absolute atomic E-state index is 4.63. The number of benzene rings is 1. The molecule has 0 aliphatic carbocycles. The van der Waals surface area contributed by atoms with Crippen molar-refractivity contribution < 1.29 is 0 Å². The molecule has 0 radical (unpaired) electrons. The molecule has 4 heteroatoms. The maximum Gasteiger partial charge on any atom is 0.0949 e. The predicted octanol–water partition coefficient (Wildman–Crippen LogP) is 3.54. The van der Waals surface area contributed by atoms with Crippen molar-refractivity contribution in [2.24, 2.45) is 0 Å². The molecule has 3 aromatic heterocycles. The molecule has 0 fully saturated rings. The average molecular weight is 286 g/mol. The van der Waals surface area contributed by atoms with Gasteiger partial charge >= 0.3 is 0 Å². The Kier molecular flexibility index (Phi) is 3.12. The first kappa shape index (κ1) is 12.7.